The molecular weight excluding hydrogens is 673 g/mol. The van der Waals surface area contributed by atoms with E-state index in [0.717, 1.165) is 83.5 Å². The number of hydrogen-bond donors (Lipinski definition) is 3. The standard InChI is InChI=1S/C39H64NO10P/c1-3-5-7-9-11-13-15-17-19-20-22-24-26-28-30-37(41)47-32-35(33-48-51(45,46)49-34-36(40)39(43)44)50-38(42)31-29-27-25-23-21-18-16-14-12-10-8-6-4-2/h5-8,10-14,16-17,19,35-36H,3-4,9,15,18,20-34,40H2,1-2H3,(H,43,44)(H,45,46)/b7-5+,8-6+,12-10+,13-11+,16-14+,19-17+/t35?,36-/m0/s1. The van der Waals surface area contributed by atoms with Crippen LogP contribution in [0, 0.1) is 0 Å². The van der Waals surface area contributed by atoms with Gasteiger partial charge in [-0.05, 0) is 64.2 Å². The van der Waals surface area contributed by atoms with Crippen molar-refractivity contribution in [1.82, 2.24) is 0 Å². The number of carboxylic acids is 1. The highest BCUT2D eigenvalue weighted by molar-refractivity contribution is 7.47. The number of esters is 2. The molecule has 11 nitrogen and oxygen atoms in total. The van der Waals surface area contributed by atoms with Crippen LogP contribution in [0.15, 0.2) is 72.9 Å². The summed E-state index contributed by atoms with van der Waals surface area (Å²) in [5.41, 5.74) is 5.31. The topological polar surface area (TPSA) is 172 Å². The molecule has 290 valence electrons. The lowest BCUT2D eigenvalue weighted by molar-refractivity contribution is -0.161. The number of ether oxygens (including phenoxy) is 2. The van der Waals surface area contributed by atoms with Crippen LogP contribution in [-0.4, -0.2) is 59.9 Å². The van der Waals surface area contributed by atoms with Crippen LogP contribution in [0.2, 0.25) is 0 Å². The second-order valence-electron chi connectivity index (χ2n) is 12.0. The summed E-state index contributed by atoms with van der Waals surface area (Å²) >= 11 is 0. The lowest BCUT2D eigenvalue weighted by atomic mass is 10.1. The Morgan fingerprint density at radius 1 is 0.627 bits per heavy atom. The summed E-state index contributed by atoms with van der Waals surface area (Å²) in [4.78, 5) is 45.7. The van der Waals surface area contributed by atoms with Crippen LogP contribution in [0.5, 0.6) is 0 Å². The van der Waals surface area contributed by atoms with Crippen LogP contribution in [-0.2, 0) is 37.5 Å². The van der Waals surface area contributed by atoms with E-state index in [1.807, 2.05) is 24.3 Å². The third-order valence-corrected chi connectivity index (χ3v) is 8.21. The molecule has 2 unspecified atom stereocenters. The van der Waals surface area contributed by atoms with Gasteiger partial charge in [-0.25, -0.2) is 4.57 Å². The fourth-order valence-corrected chi connectivity index (χ4v) is 5.15. The van der Waals surface area contributed by atoms with Gasteiger partial charge in [0.2, 0.25) is 0 Å². The van der Waals surface area contributed by atoms with Gasteiger partial charge < -0.3 is 25.2 Å². The van der Waals surface area contributed by atoms with Gasteiger partial charge in [-0.2, -0.15) is 0 Å². The zero-order chi connectivity index (χ0) is 37.8. The summed E-state index contributed by atoms with van der Waals surface area (Å²) in [6.45, 7) is 2.47. The second-order valence-corrected chi connectivity index (χ2v) is 13.5. The molecule has 3 atom stereocenters. The number of aliphatic carboxylic acids is 1. The summed E-state index contributed by atoms with van der Waals surface area (Å²) in [6, 6.07) is -1.53. The minimum Gasteiger partial charge on any atom is -0.480 e. The van der Waals surface area contributed by atoms with E-state index in [4.69, 9.17) is 24.8 Å². The molecule has 0 aromatic heterocycles. The normalized spacial score (nSPS) is 14.7. The van der Waals surface area contributed by atoms with Gasteiger partial charge in [0.05, 0.1) is 13.2 Å². The van der Waals surface area contributed by atoms with Crippen LogP contribution in [0.3, 0.4) is 0 Å². The molecule has 0 saturated carbocycles. The predicted octanol–water partition coefficient (Wildman–Crippen LogP) is 9.00. The molecule has 0 saturated heterocycles. The average Bonchev–Trinajstić information content (AvgIpc) is 3.10. The lowest BCUT2D eigenvalue weighted by Gasteiger charge is -2.20. The number of allylic oxidation sites excluding steroid dienone is 12. The molecule has 12 heteroatoms. The number of hydrogen-bond acceptors (Lipinski definition) is 9. The van der Waals surface area contributed by atoms with Crippen molar-refractivity contribution in [2.75, 3.05) is 19.8 Å². The molecule has 0 fully saturated rings. The molecule has 0 aliphatic carbocycles. The van der Waals surface area contributed by atoms with Crippen molar-refractivity contribution in [3.05, 3.63) is 72.9 Å². The van der Waals surface area contributed by atoms with Crippen LogP contribution in [0.4, 0.5) is 0 Å². The maximum absolute atomic E-state index is 12.5. The van der Waals surface area contributed by atoms with Gasteiger partial charge in [0.25, 0.3) is 0 Å². The second kappa shape index (κ2) is 34.0. The van der Waals surface area contributed by atoms with Gasteiger partial charge in [-0.3, -0.25) is 23.4 Å². The van der Waals surface area contributed by atoms with E-state index in [9.17, 15) is 23.8 Å². The highest BCUT2D eigenvalue weighted by atomic mass is 31.2. The lowest BCUT2D eigenvalue weighted by Crippen LogP contribution is -2.34. The molecule has 0 rings (SSSR count). The summed E-state index contributed by atoms with van der Waals surface area (Å²) in [6.07, 6.45) is 38.4. The first-order valence-corrected chi connectivity index (χ1v) is 20.0. The average molecular weight is 738 g/mol. The zero-order valence-corrected chi connectivity index (χ0v) is 31.8. The summed E-state index contributed by atoms with van der Waals surface area (Å²) in [7, 11) is -4.72. The number of phosphoric acid groups is 1. The molecule has 4 N–H and O–H groups in total. The molecular formula is C39H64NO10P. The van der Waals surface area contributed by atoms with Gasteiger partial charge >= 0.3 is 25.7 Å². The van der Waals surface area contributed by atoms with E-state index in [-0.39, 0.29) is 19.4 Å². The van der Waals surface area contributed by atoms with Crippen LogP contribution >= 0.6 is 7.82 Å². The molecule has 0 aromatic rings. The monoisotopic (exact) mass is 737 g/mol. The quantitative estimate of drug-likeness (QED) is 0.0193. The molecule has 0 aliphatic heterocycles. The molecule has 0 heterocycles. The summed E-state index contributed by atoms with van der Waals surface area (Å²) in [5, 5.41) is 8.85. The van der Waals surface area contributed by atoms with Crippen molar-refractivity contribution in [3.8, 4) is 0 Å². The van der Waals surface area contributed by atoms with E-state index in [0.29, 0.717) is 12.8 Å². The molecule has 0 bridgehead atoms. The minimum atomic E-state index is -4.72. The van der Waals surface area contributed by atoms with Gasteiger partial charge in [-0.1, -0.05) is 119 Å². The van der Waals surface area contributed by atoms with E-state index >= 15 is 0 Å². The Balaban J connectivity index is 4.54. The number of carboxylic acid groups (broad SMARTS) is 1. The molecule has 0 spiro atoms. The Hall–Kier alpha value is -3.08. The van der Waals surface area contributed by atoms with Gasteiger partial charge in [0.1, 0.15) is 12.6 Å². The molecule has 0 aliphatic rings. The van der Waals surface area contributed by atoms with E-state index in [1.165, 1.54) is 0 Å². The highest BCUT2D eigenvalue weighted by Gasteiger charge is 2.28. The molecule has 0 aromatic carbocycles. The maximum Gasteiger partial charge on any atom is 0.472 e. The predicted molar refractivity (Wildman–Crippen MR) is 203 cm³/mol. The fraction of sp³-hybridized carbons (Fsp3) is 0.615. The van der Waals surface area contributed by atoms with Crippen LogP contribution < -0.4 is 5.73 Å². The molecule has 0 amide bonds. The largest absolute Gasteiger partial charge is 0.480 e. The van der Waals surface area contributed by atoms with Crippen molar-refractivity contribution >= 4 is 25.7 Å². The van der Waals surface area contributed by atoms with Crippen molar-refractivity contribution < 1.29 is 47.5 Å². The van der Waals surface area contributed by atoms with Crippen LogP contribution in [0.1, 0.15) is 123 Å². The van der Waals surface area contributed by atoms with Crippen molar-refractivity contribution in [3.63, 3.8) is 0 Å². The van der Waals surface area contributed by atoms with Crippen LogP contribution in [0.25, 0.3) is 0 Å². The number of phosphoric ester groups is 1. The number of unbranched alkanes of at least 4 members (excludes halogenated alkanes) is 9. The number of rotatable bonds is 33. The smallest absolute Gasteiger partial charge is 0.472 e. The third-order valence-electron chi connectivity index (χ3n) is 7.26. The van der Waals surface area contributed by atoms with E-state index < -0.39 is 51.1 Å². The maximum atomic E-state index is 12.5. The first-order valence-electron chi connectivity index (χ1n) is 18.5. The van der Waals surface area contributed by atoms with Crippen molar-refractivity contribution in [1.29, 1.82) is 0 Å². The summed E-state index contributed by atoms with van der Waals surface area (Å²) < 4.78 is 32.5. The van der Waals surface area contributed by atoms with Crippen molar-refractivity contribution in [2.45, 2.75) is 135 Å². The molecule has 0 radical (unpaired) electrons. The van der Waals surface area contributed by atoms with E-state index in [2.05, 4.69) is 67.0 Å². The SMILES string of the molecule is CC/C=C/C=C/C=C/CCCCCCCC(=O)OC(COC(=O)CCCCCC/C=C/C/C=C/C/C=C/CC)COP(=O)(O)OC[C@H](N)C(=O)O. The minimum absolute atomic E-state index is 0.129. The van der Waals surface area contributed by atoms with E-state index in [1.54, 1.807) is 0 Å². The Bertz CT molecular complexity index is 1140. The Morgan fingerprint density at radius 2 is 1.14 bits per heavy atom. The third kappa shape index (κ3) is 33.8. The first-order chi connectivity index (χ1) is 24.6. The van der Waals surface area contributed by atoms with Gasteiger partial charge in [0, 0.05) is 12.8 Å². The first kappa shape index (κ1) is 47.9. The number of nitrogens with two attached hydrogens (primary N) is 1. The van der Waals surface area contributed by atoms with Crippen molar-refractivity contribution in [2.24, 2.45) is 5.73 Å². The van der Waals surface area contributed by atoms with Gasteiger partial charge in [0.15, 0.2) is 6.10 Å². The fourth-order valence-electron chi connectivity index (χ4n) is 4.37. The summed E-state index contributed by atoms with van der Waals surface area (Å²) in [5.74, 6) is -2.45. The molecule has 51 heavy (non-hydrogen) atoms. The zero-order valence-electron chi connectivity index (χ0n) is 30.9. The Labute approximate surface area is 306 Å². The highest BCUT2D eigenvalue weighted by Crippen LogP contribution is 2.43. The number of carbonyl (C=O) groups is 3. The Morgan fingerprint density at radius 3 is 1.76 bits per heavy atom. The van der Waals surface area contributed by atoms with Gasteiger partial charge in [-0.15, -0.1) is 0 Å². The number of carbonyl (C=O) groups excluding carboxylic acids is 2. The Kier molecular flexibility index (Phi) is 32.0.